The van der Waals surface area contributed by atoms with E-state index < -0.39 is 29.2 Å². The highest BCUT2D eigenvalue weighted by atomic mass is 32.2. The van der Waals surface area contributed by atoms with Gasteiger partial charge in [-0.3, -0.25) is 14.5 Å². The minimum absolute atomic E-state index is 0.0269. The number of oxime groups is 1. The van der Waals surface area contributed by atoms with Crippen molar-refractivity contribution in [2.75, 3.05) is 18.6 Å². The van der Waals surface area contributed by atoms with Crippen LogP contribution in [0.4, 0.5) is 5.13 Å². The molecule has 0 aromatic carbocycles. The van der Waals surface area contributed by atoms with Gasteiger partial charge in [0.25, 0.3) is 11.8 Å². The lowest BCUT2D eigenvalue weighted by molar-refractivity contribution is -0.698. The zero-order valence-corrected chi connectivity index (χ0v) is 21.6. The van der Waals surface area contributed by atoms with E-state index in [9.17, 15) is 19.5 Å². The fourth-order valence-electron chi connectivity index (χ4n) is 4.74. The normalized spacial score (nSPS) is 22.8. The number of β-lactam (4-membered cyclic amide) rings is 1. The Hall–Kier alpha value is -3.78. The molecule has 4 heterocycles. The van der Waals surface area contributed by atoms with Gasteiger partial charge in [0.2, 0.25) is 11.5 Å². The van der Waals surface area contributed by atoms with E-state index in [1.165, 1.54) is 35.0 Å². The summed E-state index contributed by atoms with van der Waals surface area (Å²) in [4.78, 5) is 47.9. The number of thioether (sulfide) groups is 1. The number of aromatic nitrogens is 3. The topological polar surface area (TPSA) is 164 Å². The summed E-state index contributed by atoms with van der Waals surface area (Å²) in [7, 11) is 1.26. The third-order valence-corrected chi connectivity index (χ3v) is 8.20. The van der Waals surface area contributed by atoms with E-state index in [1.54, 1.807) is 6.08 Å². The largest absolute Gasteiger partial charge is 0.477 e. The van der Waals surface area contributed by atoms with Crippen molar-refractivity contribution in [2.24, 2.45) is 5.16 Å². The third kappa shape index (κ3) is 4.46. The molecule has 1 saturated heterocycles. The van der Waals surface area contributed by atoms with Crippen LogP contribution in [0.2, 0.25) is 0 Å². The van der Waals surface area contributed by atoms with E-state index in [0.29, 0.717) is 23.8 Å². The number of hydrogen-bond acceptors (Lipinski definition) is 10. The van der Waals surface area contributed by atoms with E-state index in [4.69, 9.17) is 10.6 Å². The van der Waals surface area contributed by atoms with Crippen LogP contribution < -0.4 is 15.6 Å². The summed E-state index contributed by atoms with van der Waals surface area (Å²) in [5.41, 5.74) is 8.45. The first-order chi connectivity index (χ1) is 17.8. The Morgan fingerprint density at radius 1 is 1.46 bits per heavy atom. The van der Waals surface area contributed by atoms with Gasteiger partial charge in [-0.2, -0.15) is 13.9 Å². The molecule has 2 amide bonds. The first-order valence-corrected chi connectivity index (χ1v) is 13.2. The van der Waals surface area contributed by atoms with E-state index in [2.05, 4.69) is 37.4 Å². The minimum Gasteiger partial charge on any atom is -0.477 e. The van der Waals surface area contributed by atoms with Gasteiger partial charge in [0.15, 0.2) is 23.6 Å². The Balaban J connectivity index is 1.31. The van der Waals surface area contributed by atoms with Crippen LogP contribution in [0.3, 0.4) is 0 Å². The van der Waals surface area contributed by atoms with Gasteiger partial charge in [-0.25, -0.2) is 4.79 Å². The number of anilines is 1. The first-order valence-electron chi connectivity index (χ1n) is 11.4. The number of pyridine rings is 1. The molecule has 192 valence electrons. The second-order valence-electron chi connectivity index (χ2n) is 8.70. The monoisotopic (exact) mass is 542 g/mol. The Bertz CT molecular complexity index is 1390. The number of amides is 2. The maximum Gasteiger partial charge on any atom is 0.352 e. The second-order valence-corrected chi connectivity index (χ2v) is 10.6. The van der Waals surface area contributed by atoms with Crippen molar-refractivity contribution in [2.45, 2.75) is 37.2 Å². The number of nitrogen functional groups attached to an aromatic ring is 1. The number of rotatable bonds is 8. The molecule has 5 rings (SSSR count). The van der Waals surface area contributed by atoms with Crippen LogP contribution in [-0.2, 0) is 32.2 Å². The highest BCUT2D eigenvalue weighted by molar-refractivity contribution is 8.00. The molecule has 0 saturated carbocycles. The van der Waals surface area contributed by atoms with Crippen LogP contribution in [0, 0.1) is 0 Å². The molecular formula is C23H24N7O5S2+. The Kier molecular flexibility index (Phi) is 6.69. The molecule has 4 N–H and O–H groups in total. The van der Waals surface area contributed by atoms with Gasteiger partial charge in [0.05, 0.1) is 0 Å². The van der Waals surface area contributed by atoms with Gasteiger partial charge in [0, 0.05) is 34.8 Å². The van der Waals surface area contributed by atoms with Crippen molar-refractivity contribution >= 4 is 51.9 Å². The number of carbonyl (C=O) groups is 3. The summed E-state index contributed by atoms with van der Waals surface area (Å²) in [6.45, 7) is 2.78. The zero-order valence-electron chi connectivity index (χ0n) is 20.0. The molecule has 2 aliphatic heterocycles. The van der Waals surface area contributed by atoms with Gasteiger partial charge in [-0.1, -0.05) is 18.2 Å². The highest BCUT2D eigenvalue weighted by Gasteiger charge is 2.54. The van der Waals surface area contributed by atoms with Crippen molar-refractivity contribution in [3.8, 4) is 0 Å². The number of allylic oxidation sites excluding steroid dienone is 2. The van der Waals surface area contributed by atoms with Gasteiger partial charge in [0.1, 0.15) is 24.2 Å². The van der Waals surface area contributed by atoms with E-state index >= 15 is 0 Å². The number of fused-ring (bicyclic) bond motifs is 2. The predicted molar refractivity (Wildman–Crippen MR) is 135 cm³/mol. The molecule has 0 spiro atoms. The predicted octanol–water partition coefficient (Wildman–Crippen LogP) is 0.413. The molecule has 37 heavy (non-hydrogen) atoms. The van der Waals surface area contributed by atoms with Crippen LogP contribution in [0.25, 0.3) is 0 Å². The van der Waals surface area contributed by atoms with Crippen LogP contribution in [0.5, 0.6) is 0 Å². The lowest BCUT2D eigenvalue weighted by Gasteiger charge is -2.49. The van der Waals surface area contributed by atoms with E-state index in [0.717, 1.165) is 18.0 Å². The molecule has 12 nitrogen and oxygen atoms in total. The van der Waals surface area contributed by atoms with Crippen LogP contribution >= 0.6 is 23.3 Å². The summed E-state index contributed by atoms with van der Waals surface area (Å²) in [5, 5.41) is 15.8. The molecule has 1 fully saturated rings. The molecule has 0 radical (unpaired) electrons. The average molecular weight is 543 g/mol. The summed E-state index contributed by atoms with van der Waals surface area (Å²) in [6.07, 6.45) is 6.76. The Morgan fingerprint density at radius 3 is 2.95 bits per heavy atom. The average Bonchev–Trinajstić information content (AvgIpc) is 3.29. The quantitative estimate of drug-likeness (QED) is 0.185. The lowest BCUT2D eigenvalue weighted by atomic mass is 9.83. The maximum atomic E-state index is 13.0. The second kappa shape index (κ2) is 9.94. The summed E-state index contributed by atoms with van der Waals surface area (Å²) >= 11 is 2.26. The first kappa shape index (κ1) is 24.9. The van der Waals surface area contributed by atoms with Gasteiger partial charge in [-0.15, -0.1) is 11.8 Å². The SMILES string of the molecule is CON=C(C(=O)NC1C(=O)N2C(C(=O)O)=C(C=CC[n+]3cccc4c3C(C)C4)CS[C@@H]12)c1nsc(N)n1. The number of carboxylic acids is 1. The fourth-order valence-corrected chi connectivity index (χ4v) is 6.49. The summed E-state index contributed by atoms with van der Waals surface area (Å²) in [6, 6.07) is 3.20. The van der Waals surface area contributed by atoms with E-state index in [-0.39, 0.29) is 22.4 Å². The molecule has 1 aliphatic carbocycles. The van der Waals surface area contributed by atoms with Gasteiger partial charge < -0.3 is 21.0 Å². The standard InChI is InChI=1S/C23H23N7O5S2/c1-11-9-12-5-3-7-29(16(11)12)8-4-6-13-10-36-21-15(20(32)30(21)17(13)22(33)34)25-19(31)14(27-35-2)18-26-23(24)37-28-18/h3-7,11,15,21H,8-10H2,1-2H3,(H3-,24,25,26,28,31,33,34)/p+1/t11?,15?,21-/m0/s1. The van der Waals surface area contributed by atoms with Crippen molar-refractivity contribution in [3.63, 3.8) is 0 Å². The number of carbonyl (C=O) groups excluding carboxylic acids is 2. The molecule has 2 aromatic rings. The van der Waals surface area contributed by atoms with Crippen LogP contribution in [0.15, 0.2) is 46.9 Å². The highest BCUT2D eigenvalue weighted by Crippen LogP contribution is 2.40. The van der Waals surface area contributed by atoms with Crippen molar-refractivity contribution in [1.82, 2.24) is 19.6 Å². The number of nitrogens with one attached hydrogen (secondary N) is 1. The number of nitrogens with two attached hydrogens (primary N) is 1. The molecule has 2 unspecified atom stereocenters. The third-order valence-electron chi connectivity index (χ3n) is 6.35. The van der Waals surface area contributed by atoms with Gasteiger partial charge in [-0.05, 0) is 24.1 Å². The fraction of sp³-hybridized carbons (Fsp3) is 0.348. The van der Waals surface area contributed by atoms with Crippen LogP contribution in [0.1, 0.15) is 29.9 Å². The smallest absolute Gasteiger partial charge is 0.352 e. The number of hydrogen-bond donors (Lipinski definition) is 3. The van der Waals surface area contributed by atoms with Crippen molar-refractivity contribution in [1.29, 1.82) is 0 Å². The van der Waals surface area contributed by atoms with Gasteiger partial charge >= 0.3 is 5.97 Å². The molecule has 0 bridgehead atoms. The number of nitrogens with zero attached hydrogens (tertiary/aromatic N) is 5. The lowest BCUT2D eigenvalue weighted by Crippen LogP contribution is -2.71. The Morgan fingerprint density at radius 2 is 2.27 bits per heavy atom. The molecular weight excluding hydrogens is 518 g/mol. The maximum absolute atomic E-state index is 13.0. The molecule has 14 heteroatoms. The molecule has 2 aromatic heterocycles. The van der Waals surface area contributed by atoms with Crippen molar-refractivity contribution < 1.29 is 28.9 Å². The molecule has 3 atom stereocenters. The van der Waals surface area contributed by atoms with E-state index in [1.807, 2.05) is 18.3 Å². The zero-order chi connectivity index (χ0) is 26.3. The van der Waals surface area contributed by atoms with Crippen LogP contribution in [-0.4, -0.2) is 67.1 Å². The number of carboxylic acid groups (broad SMARTS) is 1. The summed E-state index contributed by atoms with van der Waals surface area (Å²) < 4.78 is 6.12. The number of aliphatic carboxylic acids is 1. The summed E-state index contributed by atoms with van der Waals surface area (Å²) in [5.74, 6) is -1.61. The Labute approximate surface area is 220 Å². The van der Waals surface area contributed by atoms with Crippen molar-refractivity contribution in [3.05, 3.63) is 58.8 Å². The minimum atomic E-state index is -1.20. The molecule has 3 aliphatic rings.